The molecule has 2 aromatic heterocycles. The van der Waals surface area contributed by atoms with E-state index in [0.717, 1.165) is 25.3 Å². The van der Waals surface area contributed by atoms with Gasteiger partial charge in [0.2, 0.25) is 5.88 Å². The lowest BCUT2D eigenvalue weighted by atomic mass is 9.99. The van der Waals surface area contributed by atoms with Crippen LogP contribution >= 0.6 is 0 Å². The molecule has 1 atom stereocenters. The highest BCUT2D eigenvalue weighted by molar-refractivity contribution is 5.35. The molecular formula is C15H18N4O. The van der Waals surface area contributed by atoms with Crippen LogP contribution in [-0.2, 0) is 0 Å². The maximum absolute atomic E-state index is 5.76. The average Bonchev–Trinajstić information content (AvgIpc) is 2.55. The van der Waals surface area contributed by atoms with Crippen molar-refractivity contribution in [3.8, 4) is 5.88 Å². The van der Waals surface area contributed by atoms with Crippen molar-refractivity contribution in [3.63, 3.8) is 0 Å². The van der Waals surface area contributed by atoms with Crippen LogP contribution in [-0.4, -0.2) is 34.6 Å². The third-order valence-corrected chi connectivity index (χ3v) is 3.50. The molecule has 104 valence electrons. The lowest BCUT2D eigenvalue weighted by molar-refractivity contribution is 0.221. The highest BCUT2D eigenvalue weighted by atomic mass is 16.5. The molecule has 1 fully saturated rings. The fourth-order valence-electron chi connectivity index (χ4n) is 2.50. The molecule has 0 spiro atoms. The zero-order valence-electron chi connectivity index (χ0n) is 11.4. The van der Waals surface area contributed by atoms with Crippen molar-refractivity contribution in [1.82, 2.24) is 15.0 Å². The predicted molar refractivity (Wildman–Crippen MR) is 76.7 cm³/mol. The van der Waals surface area contributed by atoms with Gasteiger partial charge >= 0.3 is 0 Å². The van der Waals surface area contributed by atoms with Crippen LogP contribution in [0.1, 0.15) is 12.8 Å². The molecular weight excluding hydrogens is 252 g/mol. The Morgan fingerprint density at radius 1 is 1.20 bits per heavy atom. The first kappa shape index (κ1) is 12.8. The molecule has 0 bridgehead atoms. The Morgan fingerprint density at radius 2 is 2.20 bits per heavy atom. The second kappa shape index (κ2) is 6.32. The highest BCUT2D eigenvalue weighted by Crippen LogP contribution is 2.21. The first-order valence-corrected chi connectivity index (χ1v) is 6.96. The maximum atomic E-state index is 5.76. The molecule has 1 unspecified atom stereocenters. The van der Waals surface area contributed by atoms with Crippen LogP contribution in [0.5, 0.6) is 5.88 Å². The fourth-order valence-corrected chi connectivity index (χ4v) is 2.50. The minimum atomic E-state index is 0.507. The smallest absolute Gasteiger partial charge is 0.213 e. The Morgan fingerprint density at radius 3 is 3.00 bits per heavy atom. The molecule has 0 radical (unpaired) electrons. The summed E-state index contributed by atoms with van der Waals surface area (Å²) in [6.45, 7) is 2.71. The van der Waals surface area contributed by atoms with Gasteiger partial charge in [-0.25, -0.2) is 9.97 Å². The first-order valence-electron chi connectivity index (χ1n) is 6.96. The standard InChI is InChI=1S/C15H18N4O/c1-2-6-18-15(5-1)20-12-13-4-3-9-19(11-13)14-10-16-7-8-17-14/h1-2,5-8,10,13H,3-4,9,11-12H2. The lowest BCUT2D eigenvalue weighted by Gasteiger charge is -2.33. The van der Waals surface area contributed by atoms with Crippen LogP contribution in [0.4, 0.5) is 5.82 Å². The second-order valence-corrected chi connectivity index (χ2v) is 5.00. The molecule has 0 saturated carbocycles. The van der Waals surface area contributed by atoms with Gasteiger partial charge in [-0.15, -0.1) is 0 Å². The van der Waals surface area contributed by atoms with Gasteiger partial charge in [0.25, 0.3) is 0 Å². The van der Waals surface area contributed by atoms with E-state index in [9.17, 15) is 0 Å². The molecule has 5 heteroatoms. The molecule has 0 aliphatic carbocycles. The zero-order chi connectivity index (χ0) is 13.6. The predicted octanol–water partition coefficient (Wildman–Crippen LogP) is 2.17. The van der Waals surface area contributed by atoms with Crippen LogP contribution in [0.15, 0.2) is 43.0 Å². The van der Waals surface area contributed by atoms with Gasteiger partial charge in [0.1, 0.15) is 5.82 Å². The van der Waals surface area contributed by atoms with Gasteiger partial charge in [0.05, 0.1) is 12.8 Å². The molecule has 1 saturated heterocycles. The minimum Gasteiger partial charge on any atom is -0.477 e. The van der Waals surface area contributed by atoms with Crippen molar-refractivity contribution in [1.29, 1.82) is 0 Å². The fraction of sp³-hybridized carbons (Fsp3) is 0.400. The molecule has 3 rings (SSSR count). The summed E-state index contributed by atoms with van der Waals surface area (Å²) in [5.41, 5.74) is 0. The number of hydrogen-bond donors (Lipinski definition) is 0. The van der Waals surface area contributed by atoms with Gasteiger partial charge in [0.15, 0.2) is 0 Å². The summed E-state index contributed by atoms with van der Waals surface area (Å²) < 4.78 is 5.76. The van der Waals surface area contributed by atoms with Crippen molar-refractivity contribution in [3.05, 3.63) is 43.0 Å². The van der Waals surface area contributed by atoms with Crippen molar-refractivity contribution >= 4 is 5.82 Å². The summed E-state index contributed by atoms with van der Waals surface area (Å²) in [5, 5.41) is 0. The minimum absolute atomic E-state index is 0.507. The number of aromatic nitrogens is 3. The highest BCUT2D eigenvalue weighted by Gasteiger charge is 2.21. The molecule has 0 N–H and O–H groups in total. The van der Waals surface area contributed by atoms with Gasteiger partial charge in [0, 0.05) is 43.7 Å². The van der Waals surface area contributed by atoms with E-state index in [2.05, 4.69) is 19.9 Å². The van der Waals surface area contributed by atoms with Crippen molar-refractivity contribution in [2.75, 3.05) is 24.6 Å². The zero-order valence-corrected chi connectivity index (χ0v) is 11.4. The van der Waals surface area contributed by atoms with E-state index in [1.807, 2.05) is 24.4 Å². The molecule has 3 heterocycles. The third-order valence-electron chi connectivity index (χ3n) is 3.50. The van der Waals surface area contributed by atoms with Crippen LogP contribution in [0.25, 0.3) is 0 Å². The molecule has 1 aliphatic rings. The number of ether oxygens (including phenoxy) is 1. The van der Waals surface area contributed by atoms with Crippen LogP contribution in [0, 0.1) is 5.92 Å². The molecule has 5 nitrogen and oxygen atoms in total. The van der Waals surface area contributed by atoms with E-state index < -0.39 is 0 Å². The van der Waals surface area contributed by atoms with Gasteiger partial charge in [-0.2, -0.15) is 0 Å². The summed E-state index contributed by atoms with van der Waals surface area (Å²) in [6, 6.07) is 5.72. The summed E-state index contributed by atoms with van der Waals surface area (Å²) in [6.07, 6.45) is 9.36. The largest absolute Gasteiger partial charge is 0.477 e. The molecule has 0 aromatic carbocycles. The Balaban J connectivity index is 1.56. The summed E-state index contributed by atoms with van der Waals surface area (Å²) in [5.74, 6) is 2.16. The third kappa shape index (κ3) is 3.23. The summed E-state index contributed by atoms with van der Waals surface area (Å²) in [4.78, 5) is 15.0. The molecule has 2 aromatic rings. The van der Waals surface area contributed by atoms with Gasteiger partial charge in [-0.1, -0.05) is 6.07 Å². The number of pyridine rings is 1. The van der Waals surface area contributed by atoms with Crippen LogP contribution in [0.2, 0.25) is 0 Å². The van der Waals surface area contributed by atoms with E-state index in [1.54, 1.807) is 18.6 Å². The van der Waals surface area contributed by atoms with Gasteiger partial charge in [-0.05, 0) is 18.9 Å². The first-order chi connectivity index (χ1) is 9.92. The van der Waals surface area contributed by atoms with Crippen molar-refractivity contribution < 1.29 is 4.74 Å². The number of nitrogens with zero attached hydrogens (tertiary/aromatic N) is 4. The summed E-state index contributed by atoms with van der Waals surface area (Å²) in [7, 11) is 0. The maximum Gasteiger partial charge on any atom is 0.213 e. The summed E-state index contributed by atoms with van der Waals surface area (Å²) >= 11 is 0. The molecule has 1 aliphatic heterocycles. The molecule has 0 amide bonds. The van der Waals surface area contributed by atoms with E-state index in [0.29, 0.717) is 18.4 Å². The Labute approximate surface area is 118 Å². The quantitative estimate of drug-likeness (QED) is 0.852. The molecule has 20 heavy (non-hydrogen) atoms. The SMILES string of the molecule is c1ccc(OCC2CCCN(c3cnccn3)C2)nc1. The number of piperidine rings is 1. The van der Waals surface area contributed by atoms with Gasteiger partial charge < -0.3 is 9.64 Å². The van der Waals surface area contributed by atoms with E-state index in [1.165, 1.54) is 6.42 Å². The number of rotatable bonds is 4. The number of anilines is 1. The average molecular weight is 270 g/mol. The normalized spacial score (nSPS) is 18.8. The van der Waals surface area contributed by atoms with E-state index in [4.69, 9.17) is 4.74 Å². The Hall–Kier alpha value is -2.17. The topological polar surface area (TPSA) is 51.1 Å². The monoisotopic (exact) mass is 270 g/mol. The van der Waals surface area contributed by atoms with E-state index >= 15 is 0 Å². The van der Waals surface area contributed by atoms with Crippen LogP contribution < -0.4 is 9.64 Å². The van der Waals surface area contributed by atoms with Crippen LogP contribution in [0.3, 0.4) is 0 Å². The van der Waals surface area contributed by atoms with Crippen molar-refractivity contribution in [2.45, 2.75) is 12.8 Å². The Kier molecular flexibility index (Phi) is 4.06. The van der Waals surface area contributed by atoms with Gasteiger partial charge in [-0.3, -0.25) is 4.98 Å². The Bertz CT molecular complexity index is 520. The number of hydrogen-bond acceptors (Lipinski definition) is 5. The van der Waals surface area contributed by atoms with Crippen molar-refractivity contribution in [2.24, 2.45) is 5.92 Å². The second-order valence-electron chi connectivity index (χ2n) is 5.00. The lowest BCUT2D eigenvalue weighted by Crippen LogP contribution is -2.38. The van der Waals surface area contributed by atoms with E-state index in [-0.39, 0.29) is 0 Å².